The summed E-state index contributed by atoms with van der Waals surface area (Å²) in [5.41, 5.74) is 8.73. The highest BCUT2D eigenvalue weighted by atomic mass is 32.2. The number of carbonyl (C=O) groups excluding carboxylic acids is 1. The van der Waals surface area contributed by atoms with Crippen molar-refractivity contribution in [2.45, 2.75) is 69.3 Å². The highest BCUT2D eigenvalue weighted by Gasteiger charge is 2.29. The molecule has 3 atom stereocenters. The molecular weight excluding hydrogens is 464 g/mol. The second kappa shape index (κ2) is 10.9. The lowest BCUT2D eigenvalue weighted by Gasteiger charge is -2.30. The zero-order valence-electron chi connectivity index (χ0n) is 21.8. The van der Waals surface area contributed by atoms with Gasteiger partial charge in [0.05, 0.1) is 5.92 Å². The van der Waals surface area contributed by atoms with Crippen LogP contribution < -0.4 is 5.43 Å². The first-order valence-corrected chi connectivity index (χ1v) is 13.5. The second-order valence-electron chi connectivity index (χ2n) is 10.7. The van der Waals surface area contributed by atoms with E-state index in [4.69, 9.17) is 0 Å². The molecule has 1 fully saturated rings. The summed E-state index contributed by atoms with van der Waals surface area (Å²) in [5.74, 6) is -0.224. The number of hydrogen-bond acceptors (Lipinski definition) is 4. The molecule has 1 aliphatic heterocycles. The van der Waals surface area contributed by atoms with Crippen LogP contribution in [0, 0.1) is 6.92 Å². The van der Waals surface area contributed by atoms with Crippen molar-refractivity contribution < 1.29 is 9.90 Å². The van der Waals surface area contributed by atoms with Crippen LogP contribution >= 0.6 is 11.8 Å². The van der Waals surface area contributed by atoms with Gasteiger partial charge in [-0.2, -0.15) is 5.10 Å². The number of aryl methyl sites for hydroxylation is 1. The van der Waals surface area contributed by atoms with E-state index in [2.05, 4.69) is 79.8 Å². The van der Waals surface area contributed by atoms with Gasteiger partial charge >= 0.3 is 0 Å². The second-order valence-corrected chi connectivity index (χ2v) is 12.1. The number of rotatable bonds is 5. The van der Waals surface area contributed by atoms with Gasteiger partial charge in [-0.25, -0.2) is 5.43 Å². The van der Waals surface area contributed by atoms with Gasteiger partial charge in [-0.1, -0.05) is 93.6 Å². The summed E-state index contributed by atoms with van der Waals surface area (Å²) in [6.07, 6.45) is 1.61. The number of nitrogens with zero attached hydrogens (tertiary/aromatic N) is 1. The highest BCUT2D eigenvalue weighted by molar-refractivity contribution is 7.99. The van der Waals surface area contributed by atoms with Gasteiger partial charge < -0.3 is 5.11 Å². The lowest BCUT2D eigenvalue weighted by Crippen LogP contribution is -2.27. The Labute approximate surface area is 219 Å². The van der Waals surface area contributed by atoms with Crippen LogP contribution in [0.3, 0.4) is 0 Å². The van der Waals surface area contributed by atoms with Crippen molar-refractivity contribution in [2.24, 2.45) is 5.10 Å². The topological polar surface area (TPSA) is 61.7 Å². The maximum Gasteiger partial charge on any atom is 0.247 e. The Balaban J connectivity index is 1.55. The third-order valence-electron chi connectivity index (χ3n) is 6.86. The minimum atomic E-state index is -0.387. The molecule has 1 amide bonds. The molecule has 0 spiro atoms. The number of hydrogen-bond donors (Lipinski definition) is 2. The quantitative estimate of drug-likeness (QED) is 0.355. The summed E-state index contributed by atoms with van der Waals surface area (Å²) >= 11 is 1.97. The third-order valence-corrected chi connectivity index (χ3v) is 8.40. The monoisotopic (exact) mass is 500 g/mol. The van der Waals surface area contributed by atoms with Crippen LogP contribution in [0.4, 0.5) is 0 Å². The fourth-order valence-corrected chi connectivity index (χ4v) is 6.24. The highest BCUT2D eigenvalue weighted by Crippen LogP contribution is 2.49. The Kier molecular flexibility index (Phi) is 7.89. The molecule has 3 unspecified atom stereocenters. The van der Waals surface area contributed by atoms with Gasteiger partial charge in [-0.15, -0.1) is 11.8 Å². The van der Waals surface area contributed by atoms with Gasteiger partial charge in [0, 0.05) is 29.1 Å². The summed E-state index contributed by atoms with van der Waals surface area (Å²) in [5, 5.41) is 15.8. The van der Waals surface area contributed by atoms with Crippen molar-refractivity contribution in [3.05, 3.63) is 101 Å². The molecule has 2 N–H and O–H groups in total. The van der Waals surface area contributed by atoms with Crippen molar-refractivity contribution in [2.75, 3.05) is 0 Å². The zero-order chi connectivity index (χ0) is 25.9. The predicted molar refractivity (Wildman–Crippen MR) is 151 cm³/mol. The Hall–Kier alpha value is -3.05. The fourth-order valence-electron chi connectivity index (χ4n) is 4.64. The molecule has 1 saturated heterocycles. The number of phenolic OH excluding ortho intramolecular Hbond substituents is 1. The van der Waals surface area contributed by atoms with E-state index in [-0.39, 0.29) is 27.7 Å². The van der Waals surface area contributed by atoms with E-state index >= 15 is 0 Å². The number of thioether (sulfide) groups is 1. The molecule has 4 rings (SSSR count). The van der Waals surface area contributed by atoms with E-state index in [1.807, 2.05) is 49.9 Å². The number of amides is 1. The van der Waals surface area contributed by atoms with Gasteiger partial charge in [-0.3, -0.25) is 4.79 Å². The average molecular weight is 501 g/mol. The molecule has 0 radical (unpaired) electrons. The molecule has 0 bridgehead atoms. The normalized spacial score (nSPS) is 19.0. The SMILES string of the molecule is Cc1cc(C(C)C(=O)NN=C2CC(c3ccccc3)SC(c3ccccc3)C2)cc(C(C)(C)C)c1O. The smallest absolute Gasteiger partial charge is 0.247 e. The van der Waals surface area contributed by atoms with Crippen LogP contribution in [-0.2, 0) is 10.2 Å². The summed E-state index contributed by atoms with van der Waals surface area (Å²) in [6.45, 7) is 9.97. The van der Waals surface area contributed by atoms with Crippen molar-refractivity contribution in [3.8, 4) is 5.75 Å². The van der Waals surface area contributed by atoms with Crippen LogP contribution in [-0.4, -0.2) is 16.7 Å². The van der Waals surface area contributed by atoms with Crippen LogP contribution in [0.2, 0.25) is 0 Å². The molecule has 0 aliphatic carbocycles. The first-order chi connectivity index (χ1) is 17.1. The van der Waals surface area contributed by atoms with Crippen LogP contribution in [0.1, 0.15) is 84.8 Å². The first-order valence-electron chi connectivity index (χ1n) is 12.6. The minimum absolute atomic E-state index is 0.141. The van der Waals surface area contributed by atoms with E-state index in [0.29, 0.717) is 5.75 Å². The summed E-state index contributed by atoms with van der Waals surface area (Å²) in [6, 6.07) is 24.9. The van der Waals surface area contributed by atoms with Gasteiger partial charge in [0.2, 0.25) is 5.91 Å². The van der Waals surface area contributed by atoms with Crippen LogP contribution in [0.5, 0.6) is 5.75 Å². The Morgan fingerprint density at radius 3 is 2.00 bits per heavy atom. The maximum absolute atomic E-state index is 13.2. The number of aromatic hydroxyl groups is 1. The van der Waals surface area contributed by atoms with Crippen molar-refractivity contribution >= 4 is 23.4 Å². The molecule has 4 nitrogen and oxygen atoms in total. The zero-order valence-corrected chi connectivity index (χ0v) is 22.6. The van der Waals surface area contributed by atoms with Gasteiger partial charge in [0.1, 0.15) is 5.75 Å². The third kappa shape index (κ3) is 6.01. The first kappa shape index (κ1) is 26.0. The number of phenols is 1. The number of nitrogens with one attached hydrogen (secondary N) is 1. The fraction of sp³-hybridized carbons (Fsp3) is 0.355. The van der Waals surface area contributed by atoms with Crippen LogP contribution in [0.25, 0.3) is 0 Å². The molecule has 3 aromatic carbocycles. The van der Waals surface area contributed by atoms with Crippen molar-refractivity contribution in [1.82, 2.24) is 5.43 Å². The summed E-state index contributed by atoms with van der Waals surface area (Å²) < 4.78 is 0. The molecule has 5 heteroatoms. The lowest BCUT2D eigenvalue weighted by molar-refractivity contribution is -0.122. The molecule has 188 valence electrons. The summed E-state index contributed by atoms with van der Waals surface area (Å²) in [7, 11) is 0. The number of carbonyl (C=O) groups is 1. The van der Waals surface area contributed by atoms with E-state index in [0.717, 1.165) is 35.2 Å². The minimum Gasteiger partial charge on any atom is -0.507 e. The Bertz CT molecular complexity index is 1180. The van der Waals surface area contributed by atoms with Crippen LogP contribution in [0.15, 0.2) is 77.9 Å². The Morgan fingerprint density at radius 2 is 1.50 bits per heavy atom. The predicted octanol–water partition coefficient (Wildman–Crippen LogP) is 7.58. The lowest BCUT2D eigenvalue weighted by atomic mass is 9.82. The molecule has 1 heterocycles. The maximum atomic E-state index is 13.2. The number of hydrazone groups is 1. The average Bonchev–Trinajstić information content (AvgIpc) is 2.88. The van der Waals surface area contributed by atoms with E-state index in [1.54, 1.807) is 0 Å². The molecule has 1 aliphatic rings. The molecular formula is C31H36N2O2S. The molecule has 0 saturated carbocycles. The van der Waals surface area contributed by atoms with E-state index in [1.165, 1.54) is 11.1 Å². The van der Waals surface area contributed by atoms with E-state index in [9.17, 15) is 9.90 Å². The van der Waals surface area contributed by atoms with Gasteiger partial charge in [-0.05, 0) is 47.1 Å². The molecule has 36 heavy (non-hydrogen) atoms. The van der Waals surface area contributed by atoms with Crippen molar-refractivity contribution in [1.29, 1.82) is 0 Å². The van der Waals surface area contributed by atoms with E-state index < -0.39 is 0 Å². The van der Waals surface area contributed by atoms with Crippen molar-refractivity contribution in [3.63, 3.8) is 0 Å². The molecule has 0 aromatic heterocycles. The summed E-state index contributed by atoms with van der Waals surface area (Å²) in [4.78, 5) is 13.2. The Morgan fingerprint density at radius 1 is 0.972 bits per heavy atom. The number of benzene rings is 3. The largest absolute Gasteiger partial charge is 0.507 e. The molecule has 3 aromatic rings. The standard InChI is InChI=1S/C31H36N2O2S/c1-20-16-24(17-26(29(20)34)31(3,4)5)21(2)30(35)33-32-25-18-27(22-12-8-6-9-13-22)36-28(19-25)23-14-10-7-11-15-23/h6-17,21,27-28,34H,18-19H2,1-5H3,(H,33,35). The van der Waals surface area contributed by atoms with Gasteiger partial charge in [0.15, 0.2) is 0 Å². The van der Waals surface area contributed by atoms with Gasteiger partial charge in [0.25, 0.3) is 0 Å².